The Morgan fingerprint density at radius 1 is 1.18 bits per heavy atom. The third-order valence-corrected chi connectivity index (χ3v) is 3.83. The maximum absolute atomic E-state index is 14.2. The molecule has 0 fully saturated rings. The van der Waals surface area contributed by atoms with Gasteiger partial charge in [0.1, 0.15) is 17.0 Å². The van der Waals surface area contributed by atoms with Crippen LogP contribution in [0.5, 0.6) is 0 Å². The first-order valence-corrected chi connectivity index (χ1v) is 8.26. The summed E-state index contributed by atoms with van der Waals surface area (Å²) in [6.45, 7) is 0.918. The van der Waals surface area contributed by atoms with Crippen molar-refractivity contribution < 1.29 is 17.6 Å². The quantitative estimate of drug-likeness (QED) is 0.377. The molecule has 0 bridgehead atoms. The molecule has 0 spiro atoms. The summed E-state index contributed by atoms with van der Waals surface area (Å²) >= 11 is 0. The average molecular weight is 396 g/mol. The van der Waals surface area contributed by atoms with Crippen LogP contribution in [0.4, 0.5) is 35.0 Å². The monoisotopic (exact) mass is 396 g/mol. The first kappa shape index (κ1) is 19.5. The second kappa shape index (κ2) is 7.80. The summed E-state index contributed by atoms with van der Waals surface area (Å²) in [6, 6.07) is 3.57. The Hall–Kier alpha value is -3.21. The van der Waals surface area contributed by atoms with Crippen LogP contribution in [0.2, 0.25) is 0 Å². The molecule has 2 heterocycles. The predicted molar refractivity (Wildman–Crippen MR) is 97.0 cm³/mol. The van der Waals surface area contributed by atoms with Gasteiger partial charge in [-0.3, -0.25) is 4.79 Å². The van der Waals surface area contributed by atoms with Gasteiger partial charge in [0.25, 0.3) is 5.56 Å². The van der Waals surface area contributed by atoms with Gasteiger partial charge in [-0.15, -0.1) is 0 Å². The zero-order chi connectivity index (χ0) is 20.3. The van der Waals surface area contributed by atoms with Crippen molar-refractivity contribution in [2.45, 2.75) is 12.6 Å². The Balaban J connectivity index is 2.03. The molecule has 1 aromatic carbocycles. The number of nitrogens with zero attached hydrogens (tertiary/aromatic N) is 2. The molecule has 2 aromatic heterocycles. The molecular weight excluding hydrogens is 380 g/mol. The summed E-state index contributed by atoms with van der Waals surface area (Å²) in [4.78, 5) is 23.0. The summed E-state index contributed by atoms with van der Waals surface area (Å²) in [5.74, 6) is -1.01. The molecule has 148 valence electrons. The summed E-state index contributed by atoms with van der Waals surface area (Å²) in [5.41, 5.74) is 3.81. The minimum absolute atomic E-state index is 0.0410. The molecule has 0 saturated heterocycles. The van der Waals surface area contributed by atoms with Crippen LogP contribution < -0.4 is 21.9 Å². The fraction of sp³-hybridized carbons (Fsp3) is 0.235. The normalized spacial score (nSPS) is 11.6. The van der Waals surface area contributed by atoms with Crippen LogP contribution >= 0.6 is 0 Å². The summed E-state index contributed by atoms with van der Waals surface area (Å²) in [7, 11) is 0. The van der Waals surface area contributed by atoms with Gasteiger partial charge in [0.05, 0.1) is 16.8 Å². The minimum atomic E-state index is -4.67. The van der Waals surface area contributed by atoms with Crippen LogP contribution in [0.1, 0.15) is 12.0 Å². The van der Waals surface area contributed by atoms with E-state index in [1.807, 2.05) is 0 Å². The lowest BCUT2D eigenvalue weighted by molar-refractivity contribution is -0.137. The SMILES string of the molecule is NCCCNc1nc(Nc2ccc(C(F)(F)F)cc2F)c2c(=O)[nH]ccc2n1. The number of fused-ring (bicyclic) bond motifs is 1. The number of H-pyrrole nitrogens is 1. The van der Waals surface area contributed by atoms with Crippen LogP contribution in [0.25, 0.3) is 10.9 Å². The second-order valence-electron chi connectivity index (χ2n) is 5.85. The van der Waals surface area contributed by atoms with E-state index in [-0.39, 0.29) is 28.4 Å². The lowest BCUT2D eigenvalue weighted by Gasteiger charge is -2.13. The van der Waals surface area contributed by atoms with E-state index in [2.05, 4.69) is 25.6 Å². The van der Waals surface area contributed by atoms with E-state index in [0.717, 1.165) is 12.1 Å². The Labute approximate surface area is 156 Å². The molecule has 0 aliphatic rings. The Morgan fingerprint density at radius 2 is 1.96 bits per heavy atom. The standard InChI is InChI=1S/C17H16F4N6O/c18-10-8-9(17(19,20)21)2-3-11(10)25-14-13-12(4-7-23-15(13)28)26-16(27-14)24-6-1-5-22/h2-4,7-8H,1,5-6,22H2,(H,23,28)(H2,24,25,26,27). The summed E-state index contributed by atoms with van der Waals surface area (Å²) in [6.07, 6.45) is -2.63. The van der Waals surface area contributed by atoms with Gasteiger partial charge in [0, 0.05) is 12.7 Å². The predicted octanol–water partition coefficient (Wildman–Crippen LogP) is 2.98. The van der Waals surface area contributed by atoms with Crippen molar-refractivity contribution >= 4 is 28.4 Å². The number of nitrogens with one attached hydrogen (secondary N) is 3. The third-order valence-electron chi connectivity index (χ3n) is 3.83. The molecule has 3 aromatic rings. The number of halogens is 4. The van der Waals surface area contributed by atoms with E-state index in [0.29, 0.717) is 25.6 Å². The van der Waals surface area contributed by atoms with E-state index < -0.39 is 23.1 Å². The Kier molecular flexibility index (Phi) is 5.45. The molecule has 5 N–H and O–H groups in total. The zero-order valence-corrected chi connectivity index (χ0v) is 14.4. The van der Waals surface area contributed by atoms with Gasteiger partial charge >= 0.3 is 6.18 Å². The lowest BCUT2D eigenvalue weighted by Crippen LogP contribution is -2.14. The van der Waals surface area contributed by atoms with E-state index in [4.69, 9.17) is 5.73 Å². The number of pyridine rings is 1. The van der Waals surface area contributed by atoms with Crippen molar-refractivity contribution in [1.82, 2.24) is 15.0 Å². The van der Waals surface area contributed by atoms with E-state index in [1.54, 1.807) is 0 Å². The minimum Gasteiger partial charge on any atom is -0.354 e. The van der Waals surface area contributed by atoms with Crippen molar-refractivity contribution in [2.75, 3.05) is 23.7 Å². The van der Waals surface area contributed by atoms with E-state index in [9.17, 15) is 22.4 Å². The fourth-order valence-electron chi connectivity index (χ4n) is 2.48. The maximum atomic E-state index is 14.2. The van der Waals surface area contributed by atoms with Gasteiger partial charge in [-0.2, -0.15) is 18.2 Å². The second-order valence-corrected chi connectivity index (χ2v) is 5.85. The van der Waals surface area contributed by atoms with Crippen LogP contribution in [-0.2, 0) is 6.18 Å². The van der Waals surface area contributed by atoms with E-state index in [1.165, 1.54) is 12.3 Å². The largest absolute Gasteiger partial charge is 0.416 e. The highest BCUT2D eigenvalue weighted by Crippen LogP contribution is 2.32. The zero-order valence-electron chi connectivity index (χ0n) is 14.4. The Bertz CT molecular complexity index is 1050. The topological polar surface area (TPSA) is 109 Å². The number of hydrogen-bond donors (Lipinski definition) is 4. The van der Waals surface area contributed by atoms with Gasteiger partial charge in [0.15, 0.2) is 0 Å². The number of anilines is 3. The number of alkyl halides is 3. The van der Waals surface area contributed by atoms with Crippen LogP contribution in [0, 0.1) is 5.82 Å². The molecule has 0 aliphatic carbocycles. The van der Waals surface area contributed by atoms with Gasteiger partial charge in [-0.1, -0.05) is 0 Å². The fourth-order valence-corrected chi connectivity index (χ4v) is 2.48. The van der Waals surface area contributed by atoms with Gasteiger partial charge < -0.3 is 21.4 Å². The highest BCUT2D eigenvalue weighted by molar-refractivity contribution is 5.90. The highest BCUT2D eigenvalue weighted by atomic mass is 19.4. The maximum Gasteiger partial charge on any atom is 0.416 e. The number of benzene rings is 1. The number of aromatic amines is 1. The average Bonchev–Trinajstić information content (AvgIpc) is 2.62. The third kappa shape index (κ3) is 4.19. The van der Waals surface area contributed by atoms with Crippen molar-refractivity contribution in [3.63, 3.8) is 0 Å². The number of nitrogens with two attached hydrogens (primary N) is 1. The highest BCUT2D eigenvalue weighted by Gasteiger charge is 2.31. The van der Waals surface area contributed by atoms with Crippen LogP contribution in [-0.4, -0.2) is 28.0 Å². The molecule has 11 heteroatoms. The lowest BCUT2D eigenvalue weighted by atomic mass is 10.2. The first-order valence-electron chi connectivity index (χ1n) is 8.26. The van der Waals surface area contributed by atoms with Crippen molar-refractivity contribution in [3.05, 3.63) is 52.2 Å². The number of rotatable bonds is 6. The number of aromatic nitrogens is 3. The van der Waals surface area contributed by atoms with Gasteiger partial charge in [-0.05, 0) is 37.2 Å². The molecule has 0 unspecified atom stereocenters. The Morgan fingerprint density at radius 3 is 2.64 bits per heavy atom. The molecular formula is C17H16F4N6O. The van der Waals surface area contributed by atoms with Crippen molar-refractivity contribution in [2.24, 2.45) is 5.73 Å². The summed E-state index contributed by atoms with van der Waals surface area (Å²) < 4.78 is 52.3. The molecule has 0 saturated carbocycles. The molecule has 7 nitrogen and oxygen atoms in total. The smallest absolute Gasteiger partial charge is 0.354 e. The van der Waals surface area contributed by atoms with Gasteiger partial charge in [0.2, 0.25) is 5.95 Å². The van der Waals surface area contributed by atoms with Crippen LogP contribution in [0.3, 0.4) is 0 Å². The number of hydrogen-bond acceptors (Lipinski definition) is 6. The molecule has 3 rings (SSSR count). The summed E-state index contributed by atoms with van der Waals surface area (Å²) in [5, 5.41) is 5.56. The molecule has 0 aliphatic heterocycles. The van der Waals surface area contributed by atoms with Crippen molar-refractivity contribution in [3.8, 4) is 0 Å². The molecule has 0 amide bonds. The van der Waals surface area contributed by atoms with Gasteiger partial charge in [-0.25, -0.2) is 9.37 Å². The van der Waals surface area contributed by atoms with Crippen LogP contribution in [0.15, 0.2) is 35.3 Å². The van der Waals surface area contributed by atoms with E-state index >= 15 is 0 Å². The molecule has 0 atom stereocenters. The molecule has 0 radical (unpaired) electrons. The molecule has 28 heavy (non-hydrogen) atoms. The van der Waals surface area contributed by atoms with Crippen molar-refractivity contribution in [1.29, 1.82) is 0 Å². The first-order chi connectivity index (χ1) is 13.3.